The lowest BCUT2D eigenvalue weighted by Gasteiger charge is -2.45. The van der Waals surface area contributed by atoms with Crippen molar-refractivity contribution in [3.63, 3.8) is 0 Å². The molecule has 1 rings (SSSR count). The predicted molar refractivity (Wildman–Crippen MR) is 81.3 cm³/mol. The van der Waals surface area contributed by atoms with Gasteiger partial charge in [-0.2, -0.15) is 5.26 Å². The van der Waals surface area contributed by atoms with Gasteiger partial charge < -0.3 is 9.47 Å². The van der Waals surface area contributed by atoms with Crippen LogP contribution >= 0.6 is 0 Å². The van der Waals surface area contributed by atoms with Crippen molar-refractivity contribution in [1.82, 2.24) is 0 Å². The van der Waals surface area contributed by atoms with Gasteiger partial charge in [-0.1, -0.05) is 46.0 Å². The maximum atomic E-state index is 9.60. The molecule has 2 atom stereocenters. The molecule has 0 spiro atoms. The molecule has 1 aliphatic rings. The minimum atomic E-state index is -0.646. The van der Waals surface area contributed by atoms with Crippen LogP contribution in [0.3, 0.4) is 0 Å². The summed E-state index contributed by atoms with van der Waals surface area (Å²) in [4.78, 5) is 0. The highest BCUT2D eigenvalue weighted by molar-refractivity contribution is 5.06. The Balaban J connectivity index is 2.61. The summed E-state index contributed by atoms with van der Waals surface area (Å²) in [6, 6.07) is 2.44. The van der Waals surface area contributed by atoms with Gasteiger partial charge in [0.15, 0.2) is 11.4 Å². The summed E-state index contributed by atoms with van der Waals surface area (Å²) >= 11 is 0. The van der Waals surface area contributed by atoms with E-state index in [1.54, 1.807) is 0 Å². The molecule has 20 heavy (non-hydrogen) atoms. The number of ether oxygens (including phenoxy) is 2. The molecule has 0 unspecified atom stereocenters. The molecule has 1 heterocycles. The standard InChI is InChI=1S/C17H31NO2/c1-5-7-9-10-11-15-13-17(14-18,12-8-6-2)20-16(3,4)19-15/h15H,5-13H2,1-4H3/t15-,17-/m0/s1. The molecule has 3 heteroatoms. The van der Waals surface area contributed by atoms with Gasteiger partial charge in [-0.25, -0.2) is 0 Å². The fourth-order valence-electron chi connectivity index (χ4n) is 3.05. The molecule has 116 valence electrons. The Morgan fingerprint density at radius 1 is 1.10 bits per heavy atom. The van der Waals surface area contributed by atoms with Crippen molar-refractivity contribution in [3.05, 3.63) is 0 Å². The predicted octanol–water partition coefficient (Wildman–Crippen LogP) is 4.95. The molecule has 0 aromatic rings. The van der Waals surface area contributed by atoms with Crippen LogP contribution in [0.25, 0.3) is 0 Å². The third-order valence-corrected chi connectivity index (χ3v) is 3.97. The van der Waals surface area contributed by atoms with Crippen molar-refractivity contribution in [2.24, 2.45) is 0 Å². The van der Waals surface area contributed by atoms with Crippen LogP contribution in [-0.4, -0.2) is 17.5 Å². The van der Waals surface area contributed by atoms with Crippen molar-refractivity contribution in [1.29, 1.82) is 5.26 Å². The van der Waals surface area contributed by atoms with Gasteiger partial charge >= 0.3 is 0 Å². The van der Waals surface area contributed by atoms with Crippen molar-refractivity contribution in [3.8, 4) is 6.07 Å². The largest absolute Gasteiger partial charge is 0.347 e. The third-order valence-electron chi connectivity index (χ3n) is 3.97. The quantitative estimate of drug-likeness (QED) is 0.591. The van der Waals surface area contributed by atoms with E-state index >= 15 is 0 Å². The summed E-state index contributed by atoms with van der Waals surface area (Å²) in [5, 5.41) is 9.60. The molecule has 1 fully saturated rings. The number of nitriles is 1. The van der Waals surface area contributed by atoms with Gasteiger partial charge in [0, 0.05) is 6.42 Å². The van der Waals surface area contributed by atoms with E-state index in [9.17, 15) is 5.26 Å². The van der Waals surface area contributed by atoms with Crippen molar-refractivity contribution >= 4 is 0 Å². The molecule has 0 amide bonds. The molecule has 0 radical (unpaired) electrons. The maximum absolute atomic E-state index is 9.60. The molecular weight excluding hydrogens is 250 g/mol. The molecule has 0 N–H and O–H groups in total. The molecule has 0 bridgehead atoms. The van der Waals surface area contributed by atoms with E-state index in [1.165, 1.54) is 25.7 Å². The lowest BCUT2D eigenvalue weighted by atomic mass is 9.88. The topological polar surface area (TPSA) is 42.2 Å². The van der Waals surface area contributed by atoms with E-state index < -0.39 is 11.4 Å². The SMILES string of the molecule is CCCCCC[C@H]1C[C@](C#N)(CCCC)OC(C)(C)O1. The summed E-state index contributed by atoms with van der Waals surface area (Å²) in [6.45, 7) is 8.24. The fraction of sp³-hybridized carbons (Fsp3) is 0.941. The second-order valence-corrected chi connectivity index (χ2v) is 6.50. The highest BCUT2D eigenvalue weighted by Gasteiger charge is 2.45. The van der Waals surface area contributed by atoms with E-state index in [2.05, 4.69) is 19.9 Å². The lowest BCUT2D eigenvalue weighted by Crippen LogP contribution is -2.51. The van der Waals surface area contributed by atoms with Crippen LogP contribution in [0.1, 0.15) is 85.5 Å². The zero-order valence-corrected chi connectivity index (χ0v) is 13.7. The number of unbranched alkanes of at least 4 members (excludes halogenated alkanes) is 4. The Hall–Kier alpha value is -0.590. The normalized spacial score (nSPS) is 29.1. The summed E-state index contributed by atoms with van der Waals surface area (Å²) in [5.74, 6) is -0.642. The van der Waals surface area contributed by atoms with Gasteiger partial charge in [-0.05, 0) is 33.1 Å². The van der Waals surface area contributed by atoms with Crippen LogP contribution in [0, 0.1) is 11.3 Å². The first-order valence-electron chi connectivity index (χ1n) is 8.26. The monoisotopic (exact) mass is 281 g/mol. The van der Waals surface area contributed by atoms with Crippen molar-refractivity contribution < 1.29 is 9.47 Å². The summed E-state index contributed by atoms with van der Waals surface area (Å²) in [7, 11) is 0. The summed E-state index contributed by atoms with van der Waals surface area (Å²) in [5.41, 5.74) is -0.646. The number of nitrogens with zero attached hydrogens (tertiary/aromatic N) is 1. The Morgan fingerprint density at radius 2 is 1.80 bits per heavy atom. The molecule has 0 aromatic carbocycles. The van der Waals surface area contributed by atoms with E-state index in [4.69, 9.17) is 9.47 Å². The first-order valence-corrected chi connectivity index (χ1v) is 8.26. The van der Waals surface area contributed by atoms with Crippen LogP contribution in [0.15, 0.2) is 0 Å². The van der Waals surface area contributed by atoms with Crippen LogP contribution in [0.2, 0.25) is 0 Å². The second-order valence-electron chi connectivity index (χ2n) is 6.50. The molecule has 3 nitrogen and oxygen atoms in total. The van der Waals surface area contributed by atoms with E-state index in [-0.39, 0.29) is 6.10 Å². The molecule has 1 aliphatic heterocycles. The van der Waals surface area contributed by atoms with Crippen LogP contribution in [-0.2, 0) is 9.47 Å². The number of hydrogen-bond acceptors (Lipinski definition) is 3. The van der Waals surface area contributed by atoms with Crippen LogP contribution < -0.4 is 0 Å². The Bertz CT molecular complexity index is 321. The molecule has 0 saturated carbocycles. The second kappa shape index (κ2) is 8.00. The number of rotatable bonds is 8. The van der Waals surface area contributed by atoms with Gasteiger partial charge in [0.1, 0.15) is 0 Å². The highest BCUT2D eigenvalue weighted by Crippen LogP contribution is 2.38. The Kier molecular flexibility index (Phi) is 6.99. The molecular formula is C17H31NO2. The van der Waals surface area contributed by atoms with Crippen molar-refractivity contribution in [2.75, 3.05) is 0 Å². The third kappa shape index (κ3) is 5.42. The number of hydrogen-bond donors (Lipinski definition) is 0. The Morgan fingerprint density at radius 3 is 2.40 bits per heavy atom. The summed E-state index contributed by atoms with van der Waals surface area (Å²) in [6.07, 6.45) is 9.84. The molecule has 0 aromatic heterocycles. The van der Waals surface area contributed by atoms with Crippen LogP contribution in [0.4, 0.5) is 0 Å². The van der Waals surface area contributed by atoms with Crippen molar-refractivity contribution in [2.45, 2.75) is 103 Å². The molecule has 0 aliphatic carbocycles. The average Bonchev–Trinajstić information content (AvgIpc) is 2.40. The minimum absolute atomic E-state index is 0.159. The fourth-order valence-corrected chi connectivity index (χ4v) is 3.05. The lowest BCUT2D eigenvalue weighted by molar-refractivity contribution is -0.321. The van der Waals surface area contributed by atoms with Gasteiger partial charge in [0.25, 0.3) is 0 Å². The summed E-state index contributed by atoms with van der Waals surface area (Å²) < 4.78 is 12.0. The van der Waals surface area contributed by atoms with Gasteiger partial charge in [0.2, 0.25) is 0 Å². The maximum Gasteiger partial charge on any atom is 0.165 e. The smallest absolute Gasteiger partial charge is 0.165 e. The van der Waals surface area contributed by atoms with Crippen LogP contribution in [0.5, 0.6) is 0 Å². The Labute approximate surface area is 124 Å². The minimum Gasteiger partial charge on any atom is -0.347 e. The van der Waals surface area contributed by atoms with E-state index in [0.29, 0.717) is 0 Å². The first kappa shape index (κ1) is 17.5. The van der Waals surface area contributed by atoms with E-state index in [1.807, 2.05) is 13.8 Å². The van der Waals surface area contributed by atoms with Gasteiger partial charge in [-0.15, -0.1) is 0 Å². The molecule has 1 saturated heterocycles. The van der Waals surface area contributed by atoms with Gasteiger partial charge in [0.05, 0.1) is 12.2 Å². The van der Waals surface area contributed by atoms with E-state index in [0.717, 1.165) is 32.1 Å². The average molecular weight is 281 g/mol. The highest BCUT2D eigenvalue weighted by atomic mass is 16.7. The zero-order chi connectivity index (χ0) is 15.1. The zero-order valence-electron chi connectivity index (χ0n) is 13.7. The van der Waals surface area contributed by atoms with Gasteiger partial charge in [-0.3, -0.25) is 0 Å². The first-order chi connectivity index (χ1) is 9.47.